The van der Waals surface area contributed by atoms with Crippen LogP contribution in [0.1, 0.15) is 41.5 Å². The van der Waals surface area contributed by atoms with E-state index in [2.05, 4.69) is 27.1 Å². The van der Waals surface area contributed by atoms with Gasteiger partial charge in [-0.1, -0.05) is 19.1 Å². The number of likely N-dealkylation sites (tertiary alicyclic amines) is 1. The average Bonchev–Trinajstić information content (AvgIpc) is 3.50. The van der Waals surface area contributed by atoms with Gasteiger partial charge in [-0.25, -0.2) is 23.4 Å². The molecule has 1 saturated heterocycles. The highest BCUT2D eigenvalue weighted by atomic mass is 19.1. The van der Waals surface area contributed by atoms with Crippen LogP contribution in [-0.2, 0) is 13.0 Å². The molecule has 0 spiro atoms. The van der Waals surface area contributed by atoms with E-state index in [1.165, 1.54) is 53.4 Å². The van der Waals surface area contributed by atoms with Gasteiger partial charge >= 0.3 is 0 Å². The fourth-order valence-corrected chi connectivity index (χ4v) is 6.51. The van der Waals surface area contributed by atoms with E-state index in [9.17, 15) is 14.0 Å². The first-order chi connectivity index (χ1) is 25.3. The zero-order chi connectivity index (χ0) is 36.2. The number of pyridine rings is 1. The summed E-state index contributed by atoms with van der Waals surface area (Å²) in [5, 5.41) is 8.30. The van der Waals surface area contributed by atoms with Crippen molar-refractivity contribution < 1.29 is 23.0 Å². The van der Waals surface area contributed by atoms with E-state index >= 15 is 4.39 Å². The molecule has 1 aliphatic heterocycles. The quantitative estimate of drug-likeness (QED) is 0.160. The summed E-state index contributed by atoms with van der Waals surface area (Å²) < 4.78 is 43.6. The van der Waals surface area contributed by atoms with E-state index in [-0.39, 0.29) is 11.4 Å². The third kappa shape index (κ3) is 7.40. The van der Waals surface area contributed by atoms with E-state index in [0.717, 1.165) is 67.4 Å². The van der Waals surface area contributed by atoms with E-state index in [0.29, 0.717) is 29.5 Å². The minimum Gasteiger partial charge on any atom is -0.497 e. The maximum Gasteiger partial charge on any atom is 0.286 e. The lowest BCUT2D eigenvalue weighted by molar-refractivity contribution is 0.102. The van der Waals surface area contributed by atoms with Gasteiger partial charge in [-0.15, -0.1) is 0 Å². The molecule has 3 aromatic heterocycles. The number of aromatic nitrogens is 5. The van der Waals surface area contributed by atoms with Crippen LogP contribution in [-0.4, -0.2) is 61.9 Å². The molecular formula is C39H37F2N7O4. The summed E-state index contributed by atoms with van der Waals surface area (Å²) in [6.45, 7) is 5.75. The van der Waals surface area contributed by atoms with Gasteiger partial charge in [0.25, 0.3) is 11.5 Å². The molecule has 11 nitrogen and oxygen atoms in total. The van der Waals surface area contributed by atoms with Crippen molar-refractivity contribution in [3.63, 3.8) is 0 Å². The van der Waals surface area contributed by atoms with E-state index < -0.39 is 28.8 Å². The van der Waals surface area contributed by atoms with E-state index in [1.807, 2.05) is 28.9 Å². The highest BCUT2D eigenvalue weighted by Crippen LogP contribution is 2.35. The van der Waals surface area contributed by atoms with E-state index in [1.54, 1.807) is 19.4 Å². The molecule has 0 aliphatic carbocycles. The highest BCUT2D eigenvalue weighted by Gasteiger charge is 2.24. The standard InChI is InChI=1S/C39H37F2N7O4/c1-3-46-19-15-25(16-20-46)22-32-35-34(14-17-43-37(35)48(45-32)24-26-4-11-30(51-2)12-5-26)52-33-13-8-28(23-31(33)41)44-38(49)36-39(50)47(21-18-42-36)29-9-6-27(40)7-10-29/h4-14,17-18,21,23,25H,3,15-16,19-20,22,24H2,1-2H3,(H,44,49). The summed E-state index contributed by atoms with van der Waals surface area (Å²) in [6, 6.07) is 18.7. The first-order valence-corrected chi connectivity index (χ1v) is 17.1. The fourth-order valence-electron chi connectivity index (χ4n) is 6.51. The second-order valence-electron chi connectivity index (χ2n) is 12.7. The molecule has 1 aliphatic rings. The number of methoxy groups -OCH3 is 1. The van der Waals surface area contributed by atoms with Gasteiger partial charge in [-0.3, -0.25) is 14.2 Å². The first-order valence-electron chi connectivity index (χ1n) is 17.1. The van der Waals surface area contributed by atoms with Crippen molar-refractivity contribution in [3.05, 3.63) is 130 Å². The van der Waals surface area contributed by atoms with Crippen LogP contribution in [0.25, 0.3) is 16.7 Å². The second kappa shape index (κ2) is 15.1. The maximum atomic E-state index is 15.6. The Morgan fingerprint density at radius 3 is 2.42 bits per heavy atom. The minimum absolute atomic E-state index is 0.0629. The van der Waals surface area contributed by atoms with Crippen molar-refractivity contribution in [1.29, 1.82) is 0 Å². The zero-order valence-electron chi connectivity index (χ0n) is 28.8. The normalized spacial score (nSPS) is 13.7. The van der Waals surface area contributed by atoms with Crippen molar-refractivity contribution in [2.45, 2.75) is 32.7 Å². The van der Waals surface area contributed by atoms with Crippen molar-refractivity contribution in [2.75, 3.05) is 32.1 Å². The first kappa shape index (κ1) is 34.5. The fraction of sp³-hybridized carbons (Fsp3) is 0.256. The second-order valence-corrected chi connectivity index (χ2v) is 12.7. The SMILES string of the molecule is CCN1CCC(Cc2nn(Cc3ccc(OC)cc3)c3nccc(Oc4ccc(NC(=O)c5nccn(-c6ccc(F)cc6)c5=O)cc4F)c23)CC1. The van der Waals surface area contributed by atoms with Gasteiger partial charge in [0.15, 0.2) is 22.9 Å². The van der Waals surface area contributed by atoms with E-state index in [4.69, 9.17) is 14.6 Å². The highest BCUT2D eigenvalue weighted by molar-refractivity contribution is 6.02. The number of fused-ring (bicyclic) bond motifs is 1. The van der Waals surface area contributed by atoms with Crippen LogP contribution in [0.2, 0.25) is 0 Å². The van der Waals surface area contributed by atoms with Crippen LogP contribution < -0.4 is 20.3 Å². The Kier molecular flexibility index (Phi) is 10.0. The molecule has 266 valence electrons. The molecule has 1 amide bonds. The van der Waals surface area contributed by atoms with Gasteiger partial charge < -0.3 is 19.7 Å². The predicted molar refractivity (Wildman–Crippen MR) is 192 cm³/mol. The number of nitrogens with one attached hydrogen (secondary N) is 1. The topological polar surface area (TPSA) is 116 Å². The van der Waals surface area contributed by atoms with Crippen LogP contribution in [0.5, 0.6) is 17.2 Å². The number of nitrogens with zero attached hydrogens (tertiary/aromatic N) is 6. The van der Waals surface area contributed by atoms with Crippen LogP contribution >= 0.6 is 0 Å². The summed E-state index contributed by atoms with van der Waals surface area (Å²) in [5.74, 6) is -0.478. The van der Waals surface area contributed by atoms with Crippen molar-refractivity contribution in [2.24, 2.45) is 5.92 Å². The lowest BCUT2D eigenvalue weighted by Crippen LogP contribution is -2.34. The van der Waals surface area contributed by atoms with Crippen molar-refractivity contribution in [3.8, 4) is 22.9 Å². The molecule has 6 aromatic rings. The molecule has 3 aromatic carbocycles. The summed E-state index contributed by atoms with van der Waals surface area (Å²) in [7, 11) is 1.63. The molecule has 0 radical (unpaired) electrons. The third-order valence-electron chi connectivity index (χ3n) is 9.37. The molecule has 0 saturated carbocycles. The summed E-state index contributed by atoms with van der Waals surface area (Å²) in [5.41, 5.74) is 1.81. The van der Waals surface area contributed by atoms with Crippen LogP contribution in [0.15, 0.2) is 96.2 Å². The van der Waals surface area contributed by atoms with Gasteiger partial charge in [0.05, 0.1) is 24.7 Å². The number of amides is 1. The summed E-state index contributed by atoms with van der Waals surface area (Å²) in [6.07, 6.45) is 7.11. The molecule has 4 heterocycles. The van der Waals surface area contributed by atoms with Gasteiger partial charge in [-0.2, -0.15) is 5.10 Å². The van der Waals surface area contributed by atoms with Gasteiger partial charge in [0, 0.05) is 36.0 Å². The number of piperidine rings is 1. The molecular weight excluding hydrogens is 668 g/mol. The average molecular weight is 706 g/mol. The van der Waals surface area contributed by atoms with Gasteiger partial charge in [0.2, 0.25) is 0 Å². The predicted octanol–water partition coefficient (Wildman–Crippen LogP) is 6.63. The number of carbonyl (C=O) groups excluding carboxylic acids is 1. The summed E-state index contributed by atoms with van der Waals surface area (Å²) >= 11 is 0. The number of anilines is 1. The Bertz CT molecular complexity index is 2260. The molecule has 1 fully saturated rings. The number of hydrogen-bond acceptors (Lipinski definition) is 8. The monoisotopic (exact) mass is 705 g/mol. The largest absolute Gasteiger partial charge is 0.497 e. The van der Waals surface area contributed by atoms with Crippen LogP contribution in [0.3, 0.4) is 0 Å². The zero-order valence-corrected chi connectivity index (χ0v) is 28.8. The molecule has 1 N–H and O–H groups in total. The Labute approximate surface area is 298 Å². The summed E-state index contributed by atoms with van der Waals surface area (Å²) in [4.78, 5) is 37.2. The number of hydrogen-bond donors (Lipinski definition) is 1. The lowest BCUT2D eigenvalue weighted by Gasteiger charge is -2.30. The van der Waals surface area contributed by atoms with Crippen molar-refractivity contribution >= 4 is 22.6 Å². The third-order valence-corrected chi connectivity index (χ3v) is 9.37. The Morgan fingerprint density at radius 2 is 1.71 bits per heavy atom. The number of rotatable bonds is 11. The number of benzene rings is 3. The molecule has 0 atom stereocenters. The maximum absolute atomic E-state index is 15.6. The van der Waals surface area contributed by atoms with Crippen molar-refractivity contribution in [1.82, 2.24) is 29.2 Å². The van der Waals surface area contributed by atoms with Gasteiger partial charge in [-0.05, 0) is 105 Å². The lowest BCUT2D eigenvalue weighted by atomic mass is 9.91. The minimum atomic E-state index is -0.830. The molecule has 52 heavy (non-hydrogen) atoms. The molecule has 0 bridgehead atoms. The number of ether oxygens (including phenoxy) is 2. The number of carbonyl (C=O) groups is 1. The Hall–Kier alpha value is -5.95. The molecule has 0 unspecified atom stereocenters. The molecule has 13 heteroatoms. The Balaban J connectivity index is 1.14. The van der Waals surface area contributed by atoms with Crippen LogP contribution in [0.4, 0.5) is 14.5 Å². The number of halogens is 2. The Morgan fingerprint density at radius 1 is 0.942 bits per heavy atom. The smallest absolute Gasteiger partial charge is 0.286 e. The van der Waals surface area contributed by atoms with Gasteiger partial charge in [0.1, 0.15) is 17.3 Å². The van der Waals surface area contributed by atoms with Crippen LogP contribution in [0, 0.1) is 17.6 Å². The molecule has 7 rings (SSSR count).